The summed E-state index contributed by atoms with van der Waals surface area (Å²) >= 11 is 6.34. The van der Waals surface area contributed by atoms with E-state index in [1.54, 1.807) is 30.6 Å². The number of halogens is 2. The van der Waals surface area contributed by atoms with Gasteiger partial charge in [0.2, 0.25) is 0 Å². The highest BCUT2D eigenvalue weighted by atomic mass is 35.5. The molecule has 0 bridgehead atoms. The summed E-state index contributed by atoms with van der Waals surface area (Å²) in [5.74, 6) is -0.218. The quantitative estimate of drug-likeness (QED) is 0.739. The number of hydrogen-bond donors (Lipinski definition) is 0. The molecule has 0 fully saturated rings. The first-order valence-electron chi connectivity index (χ1n) is 5.48. The van der Waals surface area contributed by atoms with Crippen molar-refractivity contribution in [1.29, 1.82) is 0 Å². The van der Waals surface area contributed by atoms with Gasteiger partial charge in [0.15, 0.2) is 0 Å². The van der Waals surface area contributed by atoms with Crippen LogP contribution < -0.4 is 0 Å². The van der Waals surface area contributed by atoms with Gasteiger partial charge in [-0.25, -0.2) is 4.39 Å². The molecule has 88 valence electrons. The van der Waals surface area contributed by atoms with Gasteiger partial charge in [-0.2, -0.15) is 0 Å². The van der Waals surface area contributed by atoms with Crippen LogP contribution in [0.15, 0.2) is 48.8 Å². The maximum absolute atomic E-state index is 13.6. The van der Waals surface area contributed by atoms with E-state index in [-0.39, 0.29) is 17.1 Å². The summed E-state index contributed by atoms with van der Waals surface area (Å²) < 4.78 is 13.6. The molecule has 0 radical (unpaired) electrons. The van der Waals surface area contributed by atoms with Crippen molar-refractivity contribution < 1.29 is 4.39 Å². The Morgan fingerprint density at radius 1 is 1.12 bits per heavy atom. The third-order valence-electron chi connectivity index (χ3n) is 2.87. The van der Waals surface area contributed by atoms with E-state index in [2.05, 4.69) is 4.98 Å². The van der Waals surface area contributed by atoms with Gasteiger partial charge >= 0.3 is 0 Å². The first kappa shape index (κ1) is 12.1. The molecule has 2 atom stereocenters. The smallest absolute Gasteiger partial charge is 0.127 e. The Labute approximate surface area is 105 Å². The third-order valence-corrected chi connectivity index (χ3v) is 3.49. The van der Waals surface area contributed by atoms with Crippen LogP contribution in [0.5, 0.6) is 0 Å². The Morgan fingerprint density at radius 2 is 1.76 bits per heavy atom. The molecule has 1 aromatic carbocycles. The Morgan fingerprint density at radius 3 is 2.41 bits per heavy atom. The van der Waals surface area contributed by atoms with Gasteiger partial charge in [0.05, 0.1) is 5.38 Å². The van der Waals surface area contributed by atoms with E-state index in [9.17, 15) is 4.39 Å². The zero-order valence-corrected chi connectivity index (χ0v) is 10.2. The maximum atomic E-state index is 13.6. The lowest BCUT2D eigenvalue weighted by Gasteiger charge is -2.19. The number of hydrogen-bond acceptors (Lipinski definition) is 1. The fraction of sp³-hybridized carbons (Fsp3) is 0.214. The Kier molecular flexibility index (Phi) is 3.75. The molecule has 1 heterocycles. The number of rotatable bonds is 3. The van der Waals surface area contributed by atoms with Crippen LogP contribution in [0.1, 0.15) is 29.3 Å². The summed E-state index contributed by atoms with van der Waals surface area (Å²) in [7, 11) is 0. The number of benzene rings is 1. The molecule has 0 saturated heterocycles. The Bertz CT molecular complexity index is 487. The fourth-order valence-electron chi connectivity index (χ4n) is 1.80. The van der Waals surface area contributed by atoms with E-state index >= 15 is 0 Å². The molecule has 0 amide bonds. The molecular weight excluding hydrogens is 237 g/mol. The highest BCUT2D eigenvalue weighted by Gasteiger charge is 2.20. The number of pyridine rings is 1. The lowest BCUT2D eigenvalue weighted by molar-refractivity contribution is 0.592. The molecule has 0 aliphatic heterocycles. The van der Waals surface area contributed by atoms with Crippen molar-refractivity contribution in [1.82, 2.24) is 4.98 Å². The van der Waals surface area contributed by atoms with Crippen molar-refractivity contribution >= 4 is 11.6 Å². The van der Waals surface area contributed by atoms with Gasteiger partial charge in [-0.1, -0.05) is 25.1 Å². The van der Waals surface area contributed by atoms with Crippen LogP contribution in [-0.4, -0.2) is 4.98 Å². The van der Waals surface area contributed by atoms with Crippen LogP contribution in [0, 0.1) is 5.82 Å². The van der Waals surface area contributed by atoms with E-state index in [1.165, 1.54) is 6.07 Å². The normalized spacial score (nSPS) is 14.3. The first-order chi connectivity index (χ1) is 8.20. The van der Waals surface area contributed by atoms with E-state index in [0.717, 1.165) is 5.56 Å². The van der Waals surface area contributed by atoms with Gasteiger partial charge in [-0.3, -0.25) is 4.98 Å². The molecule has 0 aliphatic rings. The SMILES string of the molecule is CC(c1ccncc1)C(Cl)c1ccccc1F. The van der Waals surface area contributed by atoms with Crippen LogP contribution in [-0.2, 0) is 0 Å². The van der Waals surface area contributed by atoms with E-state index in [4.69, 9.17) is 11.6 Å². The zero-order chi connectivity index (χ0) is 12.3. The second kappa shape index (κ2) is 5.28. The molecule has 0 N–H and O–H groups in total. The van der Waals surface area contributed by atoms with Crippen LogP contribution in [0.25, 0.3) is 0 Å². The van der Waals surface area contributed by atoms with Crippen molar-refractivity contribution in [2.75, 3.05) is 0 Å². The predicted molar refractivity (Wildman–Crippen MR) is 67.6 cm³/mol. The van der Waals surface area contributed by atoms with Crippen molar-refractivity contribution in [3.63, 3.8) is 0 Å². The van der Waals surface area contributed by atoms with Gasteiger partial charge in [0.25, 0.3) is 0 Å². The summed E-state index contributed by atoms with van der Waals surface area (Å²) in [5, 5.41) is -0.376. The minimum atomic E-state index is -0.376. The molecule has 0 spiro atoms. The van der Waals surface area contributed by atoms with Crippen molar-refractivity contribution in [2.24, 2.45) is 0 Å². The molecular formula is C14H13ClFN. The van der Waals surface area contributed by atoms with E-state index < -0.39 is 0 Å². The molecule has 2 aromatic rings. The summed E-state index contributed by atoms with van der Waals surface area (Å²) in [5.41, 5.74) is 1.60. The molecule has 1 nitrogen and oxygen atoms in total. The summed E-state index contributed by atoms with van der Waals surface area (Å²) in [4.78, 5) is 3.96. The average Bonchev–Trinajstić information content (AvgIpc) is 2.39. The Hall–Kier alpha value is -1.41. The second-order valence-electron chi connectivity index (χ2n) is 3.99. The van der Waals surface area contributed by atoms with Gasteiger partial charge in [0.1, 0.15) is 5.82 Å². The summed E-state index contributed by atoms with van der Waals surface area (Å²) in [6.07, 6.45) is 3.44. The van der Waals surface area contributed by atoms with Gasteiger partial charge in [-0.05, 0) is 23.8 Å². The maximum Gasteiger partial charge on any atom is 0.127 e. The highest BCUT2D eigenvalue weighted by Crippen LogP contribution is 2.36. The summed E-state index contributed by atoms with van der Waals surface area (Å²) in [6, 6.07) is 10.4. The molecule has 2 rings (SSSR count). The van der Waals surface area contributed by atoms with Crippen molar-refractivity contribution in [3.05, 3.63) is 65.7 Å². The van der Waals surface area contributed by atoms with E-state index in [1.807, 2.05) is 19.1 Å². The van der Waals surface area contributed by atoms with Crippen LogP contribution in [0.2, 0.25) is 0 Å². The minimum absolute atomic E-state index is 0.0385. The topological polar surface area (TPSA) is 12.9 Å². The lowest BCUT2D eigenvalue weighted by atomic mass is 9.94. The standard InChI is InChI=1S/C14H13ClFN/c1-10(11-6-8-17-9-7-11)14(15)12-4-2-3-5-13(12)16/h2-10,14H,1H3. The van der Waals surface area contributed by atoms with Crippen molar-refractivity contribution in [2.45, 2.75) is 18.2 Å². The number of aromatic nitrogens is 1. The van der Waals surface area contributed by atoms with Crippen LogP contribution in [0.4, 0.5) is 4.39 Å². The second-order valence-corrected chi connectivity index (χ2v) is 4.46. The van der Waals surface area contributed by atoms with Gasteiger partial charge in [-0.15, -0.1) is 11.6 Å². The lowest BCUT2D eigenvalue weighted by Crippen LogP contribution is -2.04. The van der Waals surface area contributed by atoms with Gasteiger partial charge < -0.3 is 0 Å². The van der Waals surface area contributed by atoms with Crippen LogP contribution in [0.3, 0.4) is 0 Å². The molecule has 17 heavy (non-hydrogen) atoms. The molecule has 0 aliphatic carbocycles. The monoisotopic (exact) mass is 249 g/mol. The van der Waals surface area contributed by atoms with Crippen molar-refractivity contribution in [3.8, 4) is 0 Å². The summed E-state index contributed by atoms with van der Waals surface area (Å²) in [6.45, 7) is 1.99. The van der Waals surface area contributed by atoms with Crippen LogP contribution >= 0.6 is 11.6 Å². The number of alkyl halides is 1. The third kappa shape index (κ3) is 2.64. The van der Waals surface area contributed by atoms with E-state index in [0.29, 0.717) is 5.56 Å². The zero-order valence-electron chi connectivity index (χ0n) is 9.48. The minimum Gasteiger partial charge on any atom is -0.265 e. The molecule has 3 heteroatoms. The molecule has 0 saturated carbocycles. The average molecular weight is 250 g/mol. The number of nitrogens with zero attached hydrogens (tertiary/aromatic N) is 1. The predicted octanol–water partition coefficient (Wildman–Crippen LogP) is 4.30. The Balaban J connectivity index is 2.27. The van der Waals surface area contributed by atoms with Gasteiger partial charge in [0, 0.05) is 23.9 Å². The molecule has 2 unspecified atom stereocenters. The first-order valence-corrected chi connectivity index (χ1v) is 5.92. The fourth-order valence-corrected chi connectivity index (χ4v) is 2.13. The largest absolute Gasteiger partial charge is 0.265 e. The molecule has 1 aromatic heterocycles. The highest BCUT2D eigenvalue weighted by molar-refractivity contribution is 6.21.